The third-order valence-electron chi connectivity index (χ3n) is 1.85. The van der Waals surface area contributed by atoms with Gasteiger partial charge >= 0.3 is 0 Å². The van der Waals surface area contributed by atoms with Gasteiger partial charge in [0.2, 0.25) is 0 Å². The van der Waals surface area contributed by atoms with Crippen LogP contribution in [-0.4, -0.2) is 6.54 Å². The van der Waals surface area contributed by atoms with Gasteiger partial charge in [-0.25, -0.2) is 4.39 Å². The highest BCUT2D eigenvalue weighted by Gasteiger charge is 2.07. The van der Waals surface area contributed by atoms with E-state index in [0.717, 1.165) is 5.56 Å². The van der Waals surface area contributed by atoms with E-state index in [2.05, 4.69) is 0 Å². The monoisotopic (exact) mass is 202 g/mol. The fourth-order valence-electron chi connectivity index (χ4n) is 1.09. The first-order valence-electron chi connectivity index (χ1n) is 4.05. The van der Waals surface area contributed by atoms with Crippen LogP contribution in [0, 0.1) is 5.82 Å². The van der Waals surface area contributed by atoms with Gasteiger partial charge in [0.25, 0.3) is 0 Å². The number of nitrogens with two attached hydrogens (primary N) is 2. The summed E-state index contributed by atoms with van der Waals surface area (Å²) in [6.07, 6.45) is 0.669. The average Bonchev–Trinajstić information content (AvgIpc) is 2.10. The maximum absolute atomic E-state index is 12.8. The van der Waals surface area contributed by atoms with Gasteiger partial charge in [-0.15, -0.1) is 0 Å². The predicted molar refractivity (Wildman–Crippen MR) is 52.0 cm³/mol. The zero-order valence-electron chi connectivity index (χ0n) is 7.13. The van der Waals surface area contributed by atoms with Gasteiger partial charge in [-0.2, -0.15) is 0 Å². The average molecular weight is 203 g/mol. The molecule has 1 aromatic rings. The van der Waals surface area contributed by atoms with Crippen LogP contribution < -0.4 is 11.5 Å². The molecule has 0 radical (unpaired) electrons. The second kappa shape index (κ2) is 4.56. The highest BCUT2D eigenvalue weighted by atomic mass is 35.5. The largest absolute Gasteiger partial charge is 0.330 e. The van der Waals surface area contributed by atoms with Crippen molar-refractivity contribution < 1.29 is 4.39 Å². The Bertz CT molecular complexity index is 291. The molecule has 0 bridgehead atoms. The molecule has 2 nitrogen and oxygen atoms in total. The van der Waals surface area contributed by atoms with E-state index in [1.165, 1.54) is 12.1 Å². The molecule has 1 atom stereocenters. The summed E-state index contributed by atoms with van der Waals surface area (Å²) < 4.78 is 12.8. The van der Waals surface area contributed by atoms with Crippen LogP contribution in [0.2, 0.25) is 5.02 Å². The minimum atomic E-state index is -0.426. The lowest BCUT2D eigenvalue weighted by Gasteiger charge is -2.10. The van der Waals surface area contributed by atoms with E-state index in [4.69, 9.17) is 23.1 Å². The first-order chi connectivity index (χ1) is 6.15. The van der Waals surface area contributed by atoms with Gasteiger partial charge in [0.15, 0.2) is 0 Å². The molecule has 0 spiro atoms. The number of hydrogen-bond donors (Lipinski definition) is 2. The molecule has 0 amide bonds. The van der Waals surface area contributed by atoms with Gasteiger partial charge < -0.3 is 11.5 Å². The van der Waals surface area contributed by atoms with E-state index < -0.39 is 5.82 Å². The zero-order chi connectivity index (χ0) is 9.84. The molecule has 4 heteroatoms. The molecule has 0 fully saturated rings. The first-order valence-corrected chi connectivity index (χ1v) is 4.43. The molecule has 0 saturated heterocycles. The van der Waals surface area contributed by atoms with Gasteiger partial charge in [-0.3, -0.25) is 0 Å². The van der Waals surface area contributed by atoms with Gasteiger partial charge in [-0.05, 0) is 30.7 Å². The Balaban J connectivity index is 2.84. The van der Waals surface area contributed by atoms with Crippen LogP contribution in [0.4, 0.5) is 4.39 Å². The molecule has 13 heavy (non-hydrogen) atoms. The zero-order valence-corrected chi connectivity index (χ0v) is 7.89. The summed E-state index contributed by atoms with van der Waals surface area (Å²) in [7, 11) is 0. The van der Waals surface area contributed by atoms with Crippen LogP contribution >= 0.6 is 11.6 Å². The van der Waals surface area contributed by atoms with Crippen LogP contribution in [-0.2, 0) is 0 Å². The molecule has 0 aromatic heterocycles. The molecular formula is C9H12ClFN2. The Hall–Kier alpha value is -0.640. The van der Waals surface area contributed by atoms with E-state index >= 15 is 0 Å². The van der Waals surface area contributed by atoms with Crippen molar-refractivity contribution in [1.29, 1.82) is 0 Å². The van der Waals surface area contributed by atoms with E-state index in [0.29, 0.717) is 13.0 Å². The third-order valence-corrected chi connectivity index (χ3v) is 2.14. The standard InChI is InChI=1S/C9H12ClFN2/c10-7-5-6(1-2-8(7)11)9(13)3-4-12/h1-2,5,9H,3-4,12-13H2/t9-/m1/s1. The Morgan fingerprint density at radius 1 is 1.46 bits per heavy atom. The Morgan fingerprint density at radius 3 is 2.69 bits per heavy atom. The smallest absolute Gasteiger partial charge is 0.141 e. The van der Waals surface area contributed by atoms with Crippen molar-refractivity contribution in [1.82, 2.24) is 0 Å². The Morgan fingerprint density at radius 2 is 2.15 bits per heavy atom. The lowest BCUT2D eigenvalue weighted by molar-refractivity contribution is 0.621. The number of hydrogen-bond acceptors (Lipinski definition) is 2. The molecule has 0 heterocycles. The third kappa shape index (κ3) is 2.66. The fraction of sp³-hybridized carbons (Fsp3) is 0.333. The van der Waals surface area contributed by atoms with Crippen molar-refractivity contribution in [3.05, 3.63) is 34.6 Å². The highest BCUT2D eigenvalue weighted by molar-refractivity contribution is 6.30. The van der Waals surface area contributed by atoms with Crippen molar-refractivity contribution in [3.63, 3.8) is 0 Å². The maximum Gasteiger partial charge on any atom is 0.141 e. The SMILES string of the molecule is NCC[C@@H](N)c1ccc(F)c(Cl)c1. The van der Waals surface area contributed by atoms with E-state index in [9.17, 15) is 4.39 Å². The number of rotatable bonds is 3. The van der Waals surface area contributed by atoms with Crippen LogP contribution in [0.25, 0.3) is 0 Å². The van der Waals surface area contributed by atoms with E-state index in [1.807, 2.05) is 0 Å². The van der Waals surface area contributed by atoms with Crippen molar-refractivity contribution in [2.75, 3.05) is 6.54 Å². The fourth-order valence-corrected chi connectivity index (χ4v) is 1.28. The summed E-state index contributed by atoms with van der Waals surface area (Å²) in [6.45, 7) is 0.510. The molecule has 0 aliphatic heterocycles. The van der Waals surface area contributed by atoms with E-state index in [-0.39, 0.29) is 11.1 Å². The van der Waals surface area contributed by atoms with Gasteiger partial charge in [0.05, 0.1) is 5.02 Å². The highest BCUT2D eigenvalue weighted by Crippen LogP contribution is 2.20. The molecule has 1 rings (SSSR count). The van der Waals surface area contributed by atoms with Crippen molar-refractivity contribution in [2.45, 2.75) is 12.5 Å². The Labute approximate surface area is 81.7 Å². The molecule has 0 aliphatic carbocycles. The second-order valence-electron chi connectivity index (χ2n) is 2.86. The minimum absolute atomic E-state index is 0.102. The minimum Gasteiger partial charge on any atom is -0.330 e. The molecule has 72 valence electrons. The van der Waals surface area contributed by atoms with Crippen molar-refractivity contribution in [2.24, 2.45) is 11.5 Å². The van der Waals surface area contributed by atoms with Crippen LogP contribution in [0.3, 0.4) is 0 Å². The lowest BCUT2D eigenvalue weighted by Crippen LogP contribution is -2.15. The predicted octanol–water partition coefficient (Wildman–Crippen LogP) is 1.83. The topological polar surface area (TPSA) is 52.0 Å². The maximum atomic E-state index is 12.8. The summed E-state index contributed by atoms with van der Waals surface area (Å²) in [6, 6.07) is 4.32. The quantitative estimate of drug-likeness (QED) is 0.786. The molecule has 1 aromatic carbocycles. The van der Waals surface area contributed by atoms with E-state index in [1.54, 1.807) is 6.07 Å². The van der Waals surface area contributed by atoms with Gasteiger partial charge in [-0.1, -0.05) is 17.7 Å². The molecule has 0 unspecified atom stereocenters. The summed E-state index contributed by atoms with van der Waals surface area (Å²) in [5.74, 6) is -0.426. The van der Waals surface area contributed by atoms with Crippen LogP contribution in [0.15, 0.2) is 18.2 Å². The van der Waals surface area contributed by atoms with Crippen molar-refractivity contribution >= 4 is 11.6 Å². The van der Waals surface area contributed by atoms with Gasteiger partial charge in [0.1, 0.15) is 5.82 Å². The Kier molecular flexibility index (Phi) is 3.66. The number of benzene rings is 1. The number of halogens is 2. The summed E-state index contributed by atoms with van der Waals surface area (Å²) in [4.78, 5) is 0. The first kappa shape index (κ1) is 10.4. The summed E-state index contributed by atoms with van der Waals surface area (Å²) in [5, 5.41) is 0.102. The normalized spacial score (nSPS) is 12.9. The second-order valence-corrected chi connectivity index (χ2v) is 3.26. The van der Waals surface area contributed by atoms with Crippen LogP contribution in [0.5, 0.6) is 0 Å². The summed E-state index contributed by atoms with van der Waals surface area (Å²) >= 11 is 5.60. The molecule has 4 N–H and O–H groups in total. The molecular weight excluding hydrogens is 191 g/mol. The van der Waals surface area contributed by atoms with Gasteiger partial charge in [0, 0.05) is 6.04 Å². The summed E-state index contributed by atoms with van der Waals surface area (Å²) in [5.41, 5.74) is 11.9. The van der Waals surface area contributed by atoms with Crippen molar-refractivity contribution in [3.8, 4) is 0 Å². The van der Waals surface area contributed by atoms with Crippen LogP contribution in [0.1, 0.15) is 18.0 Å². The lowest BCUT2D eigenvalue weighted by atomic mass is 10.1. The molecule has 0 saturated carbocycles. The molecule has 0 aliphatic rings.